The zero-order valence-corrected chi connectivity index (χ0v) is 21.6. The van der Waals surface area contributed by atoms with Crippen molar-refractivity contribution in [3.8, 4) is 0 Å². The number of carbonyl (C=O) groups excluding carboxylic acids is 2. The molecule has 0 spiro atoms. The van der Waals surface area contributed by atoms with Crippen molar-refractivity contribution in [1.82, 2.24) is 14.8 Å². The Bertz CT molecular complexity index is 1280. The molecular weight excluding hydrogens is 462 g/mol. The second-order valence-corrected chi connectivity index (χ2v) is 9.50. The summed E-state index contributed by atoms with van der Waals surface area (Å²) in [6.07, 6.45) is 2.74. The first-order valence-electron chi connectivity index (χ1n) is 12.8. The molecule has 0 fully saturated rings. The quantitative estimate of drug-likeness (QED) is 0.293. The minimum Gasteiger partial charge on any atom is -0.367 e. The summed E-state index contributed by atoms with van der Waals surface area (Å²) in [6.45, 7) is 5.22. The lowest BCUT2D eigenvalue weighted by atomic mass is 10.1. The number of nitrogens with one attached hydrogen (secondary N) is 1. The number of amides is 2. The molecule has 0 aliphatic heterocycles. The van der Waals surface area contributed by atoms with Crippen LogP contribution in [0.25, 0.3) is 10.9 Å². The van der Waals surface area contributed by atoms with Crippen molar-refractivity contribution in [3.63, 3.8) is 0 Å². The molecule has 6 nitrogen and oxygen atoms in total. The van der Waals surface area contributed by atoms with Crippen LogP contribution in [0.4, 0.5) is 0 Å². The lowest BCUT2D eigenvalue weighted by molar-refractivity contribution is -0.145. The molecule has 2 amide bonds. The maximum absolute atomic E-state index is 13.6. The number of hydrogen-bond donors (Lipinski definition) is 1. The number of fused-ring (bicyclic) bond motifs is 1. The molecule has 1 aromatic heterocycles. The third kappa shape index (κ3) is 7.30. The fourth-order valence-electron chi connectivity index (χ4n) is 4.41. The number of benzene rings is 3. The SMILES string of the molecule is CC(C)N(CC(=O)N(CCc1c[nH]c2ccccc12)Cc1ccccc1)C(=O)COCc1ccccc1. The van der Waals surface area contributed by atoms with Crippen molar-refractivity contribution in [2.24, 2.45) is 0 Å². The van der Waals surface area contributed by atoms with Crippen LogP contribution in [0.5, 0.6) is 0 Å². The van der Waals surface area contributed by atoms with Crippen molar-refractivity contribution in [1.29, 1.82) is 0 Å². The van der Waals surface area contributed by atoms with E-state index in [-0.39, 0.29) is 31.0 Å². The zero-order valence-electron chi connectivity index (χ0n) is 21.6. The molecule has 3 aromatic carbocycles. The second kappa shape index (κ2) is 12.9. The van der Waals surface area contributed by atoms with E-state index in [0.717, 1.165) is 23.1 Å². The van der Waals surface area contributed by atoms with Crippen LogP contribution in [0.3, 0.4) is 0 Å². The second-order valence-electron chi connectivity index (χ2n) is 9.50. The summed E-state index contributed by atoms with van der Waals surface area (Å²) < 4.78 is 5.67. The van der Waals surface area contributed by atoms with Crippen molar-refractivity contribution in [3.05, 3.63) is 108 Å². The molecular formula is C31H35N3O3. The molecule has 6 heteroatoms. The molecule has 192 valence electrons. The first kappa shape index (κ1) is 26.2. The number of hydrogen-bond acceptors (Lipinski definition) is 3. The van der Waals surface area contributed by atoms with Gasteiger partial charge in [-0.1, -0.05) is 78.9 Å². The number of carbonyl (C=O) groups is 2. The van der Waals surface area contributed by atoms with Crippen LogP contribution < -0.4 is 0 Å². The highest BCUT2D eigenvalue weighted by molar-refractivity contribution is 5.86. The molecule has 37 heavy (non-hydrogen) atoms. The summed E-state index contributed by atoms with van der Waals surface area (Å²) in [5.41, 5.74) is 4.33. The molecule has 0 saturated heterocycles. The third-order valence-corrected chi connectivity index (χ3v) is 6.48. The van der Waals surface area contributed by atoms with Gasteiger partial charge in [0.05, 0.1) is 6.61 Å². The minimum atomic E-state index is -0.185. The van der Waals surface area contributed by atoms with Gasteiger partial charge in [-0.15, -0.1) is 0 Å². The Morgan fingerprint density at radius 2 is 1.49 bits per heavy atom. The van der Waals surface area contributed by atoms with E-state index < -0.39 is 0 Å². The van der Waals surface area contributed by atoms with Crippen LogP contribution in [0.15, 0.2) is 91.1 Å². The Morgan fingerprint density at radius 3 is 2.19 bits per heavy atom. The van der Waals surface area contributed by atoms with Gasteiger partial charge in [-0.2, -0.15) is 0 Å². The molecule has 0 bridgehead atoms. The first-order chi connectivity index (χ1) is 18.0. The molecule has 0 atom stereocenters. The van der Waals surface area contributed by atoms with Crippen LogP contribution in [-0.2, 0) is 33.9 Å². The molecule has 1 N–H and O–H groups in total. The average Bonchev–Trinajstić information content (AvgIpc) is 3.33. The monoisotopic (exact) mass is 497 g/mol. The Balaban J connectivity index is 1.42. The van der Waals surface area contributed by atoms with E-state index in [1.807, 2.05) is 97.7 Å². The van der Waals surface area contributed by atoms with E-state index in [0.29, 0.717) is 19.7 Å². The van der Waals surface area contributed by atoms with Gasteiger partial charge in [0.1, 0.15) is 13.2 Å². The first-order valence-corrected chi connectivity index (χ1v) is 12.8. The predicted molar refractivity (Wildman–Crippen MR) is 147 cm³/mol. The highest BCUT2D eigenvalue weighted by atomic mass is 16.5. The molecule has 4 rings (SSSR count). The minimum absolute atomic E-state index is 0.0198. The Morgan fingerprint density at radius 1 is 0.838 bits per heavy atom. The summed E-state index contributed by atoms with van der Waals surface area (Å²) in [5.74, 6) is -0.260. The fourth-order valence-corrected chi connectivity index (χ4v) is 4.41. The molecule has 0 aliphatic rings. The average molecular weight is 498 g/mol. The van der Waals surface area contributed by atoms with Gasteiger partial charge in [-0.25, -0.2) is 0 Å². The maximum atomic E-state index is 13.6. The van der Waals surface area contributed by atoms with Crippen LogP contribution >= 0.6 is 0 Å². The van der Waals surface area contributed by atoms with E-state index in [2.05, 4.69) is 17.1 Å². The van der Waals surface area contributed by atoms with Gasteiger partial charge in [0.2, 0.25) is 11.8 Å². The van der Waals surface area contributed by atoms with Gasteiger partial charge in [-0.05, 0) is 43.0 Å². The summed E-state index contributed by atoms with van der Waals surface area (Å²) in [5, 5.41) is 1.17. The largest absolute Gasteiger partial charge is 0.367 e. The number of aromatic nitrogens is 1. The normalized spacial score (nSPS) is 11.1. The highest BCUT2D eigenvalue weighted by Gasteiger charge is 2.24. The summed E-state index contributed by atoms with van der Waals surface area (Å²) in [6, 6.07) is 27.8. The van der Waals surface area contributed by atoms with Crippen LogP contribution in [0, 0.1) is 0 Å². The van der Waals surface area contributed by atoms with Crippen LogP contribution in [0.1, 0.15) is 30.5 Å². The van der Waals surface area contributed by atoms with E-state index in [1.165, 1.54) is 10.9 Å². The number of para-hydroxylation sites is 1. The highest BCUT2D eigenvalue weighted by Crippen LogP contribution is 2.19. The number of rotatable bonds is 12. The van der Waals surface area contributed by atoms with Crippen molar-refractivity contribution in [2.45, 2.75) is 39.5 Å². The van der Waals surface area contributed by atoms with Crippen LogP contribution in [-0.4, -0.2) is 52.3 Å². The number of aromatic amines is 1. The van der Waals surface area contributed by atoms with Gasteiger partial charge in [-0.3, -0.25) is 9.59 Å². The lowest BCUT2D eigenvalue weighted by Gasteiger charge is -2.30. The summed E-state index contributed by atoms with van der Waals surface area (Å²) in [4.78, 5) is 33.4. The summed E-state index contributed by atoms with van der Waals surface area (Å²) >= 11 is 0. The Kier molecular flexibility index (Phi) is 9.11. The molecule has 0 aliphatic carbocycles. The standard InChI is InChI=1S/C31H35N3O3/c1-24(2)34(31(36)23-37-22-26-13-7-4-8-14-26)21-30(35)33(20-25-11-5-3-6-12-25)18-17-27-19-32-29-16-10-9-15-28(27)29/h3-16,19,24,32H,17-18,20-23H2,1-2H3. The lowest BCUT2D eigenvalue weighted by Crippen LogP contribution is -2.47. The van der Waals surface area contributed by atoms with E-state index in [9.17, 15) is 9.59 Å². The van der Waals surface area contributed by atoms with Gasteiger partial charge in [0.15, 0.2) is 0 Å². The van der Waals surface area contributed by atoms with Gasteiger partial charge in [0, 0.05) is 36.2 Å². The van der Waals surface area contributed by atoms with E-state index >= 15 is 0 Å². The van der Waals surface area contributed by atoms with Gasteiger partial charge in [0.25, 0.3) is 0 Å². The zero-order chi connectivity index (χ0) is 26.0. The Labute approximate surface area is 218 Å². The smallest absolute Gasteiger partial charge is 0.249 e. The van der Waals surface area contributed by atoms with Crippen molar-refractivity contribution >= 4 is 22.7 Å². The van der Waals surface area contributed by atoms with E-state index in [1.54, 1.807) is 4.90 Å². The van der Waals surface area contributed by atoms with Gasteiger partial charge < -0.3 is 19.5 Å². The Hall–Kier alpha value is -3.90. The molecule has 1 heterocycles. The predicted octanol–water partition coefficient (Wildman–Crippen LogP) is 5.19. The molecule has 0 radical (unpaired) electrons. The van der Waals surface area contributed by atoms with Gasteiger partial charge >= 0.3 is 0 Å². The number of H-pyrrole nitrogens is 1. The van der Waals surface area contributed by atoms with E-state index in [4.69, 9.17) is 4.74 Å². The molecule has 0 saturated carbocycles. The number of nitrogens with zero attached hydrogens (tertiary/aromatic N) is 2. The molecule has 0 unspecified atom stereocenters. The van der Waals surface area contributed by atoms with Crippen molar-refractivity contribution in [2.75, 3.05) is 19.7 Å². The van der Waals surface area contributed by atoms with Crippen molar-refractivity contribution < 1.29 is 14.3 Å². The fraction of sp³-hybridized carbons (Fsp3) is 0.290. The maximum Gasteiger partial charge on any atom is 0.249 e. The topological polar surface area (TPSA) is 65.6 Å². The number of ether oxygens (including phenoxy) is 1. The third-order valence-electron chi connectivity index (χ3n) is 6.48. The molecule has 4 aromatic rings. The van der Waals surface area contributed by atoms with Crippen LogP contribution in [0.2, 0.25) is 0 Å². The summed E-state index contributed by atoms with van der Waals surface area (Å²) in [7, 11) is 0.